The van der Waals surface area contributed by atoms with Crippen LogP contribution >= 0.6 is 0 Å². The van der Waals surface area contributed by atoms with Gasteiger partial charge >= 0.3 is 12.2 Å². The molecule has 0 spiro atoms. The molecule has 4 aliphatic carbocycles. The van der Waals surface area contributed by atoms with E-state index in [-0.39, 0.29) is 34.1 Å². The maximum absolute atomic E-state index is 14.1. The van der Waals surface area contributed by atoms with Crippen molar-refractivity contribution >= 4 is 32.0 Å². The van der Waals surface area contributed by atoms with E-state index in [0.29, 0.717) is 24.0 Å². The average Bonchev–Trinajstić information content (AvgIpc) is 3.54. The van der Waals surface area contributed by atoms with Crippen LogP contribution in [-0.4, -0.2) is 64.7 Å². The Kier molecular flexibility index (Phi) is 10.0. The summed E-state index contributed by atoms with van der Waals surface area (Å²) in [6, 6.07) is 5.65. The van der Waals surface area contributed by atoms with Gasteiger partial charge in [-0.15, -0.1) is 0 Å². The number of hydrogen-bond donors (Lipinski definition) is 1. The Labute approximate surface area is 306 Å². The van der Waals surface area contributed by atoms with Gasteiger partial charge in [0.05, 0.1) is 23.5 Å². The molecule has 51 heavy (non-hydrogen) atoms. The summed E-state index contributed by atoms with van der Waals surface area (Å²) in [7, 11) is -1.91. The molecule has 6 rings (SSSR count). The summed E-state index contributed by atoms with van der Waals surface area (Å²) in [6.45, 7) is 29.4. The van der Waals surface area contributed by atoms with Crippen molar-refractivity contribution in [3.05, 3.63) is 30.1 Å². The van der Waals surface area contributed by atoms with Crippen molar-refractivity contribution in [2.24, 2.45) is 5.41 Å². The maximum atomic E-state index is 14.1. The molecule has 284 valence electrons. The lowest BCUT2D eigenvalue weighted by Crippen LogP contribution is -2.76. The van der Waals surface area contributed by atoms with Gasteiger partial charge in [0.25, 0.3) is 0 Å². The Bertz CT molecular complexity index is 1590. The van der Waals surface area contributed by atoms with Crippen LogP contribution in [0.5, 0.6) is 5.88 Å². The molecule has 2 aromatic heterocycles. The molecule has 11 nitrogen and oxygen atoms in total. The number of nitrogens with zero attached hydrogens (tertiary/aromatic N) is 4. The quantitative estimate of drug-likeness (QED) is 0.254. The van der Waals surface area contributed by atoms with Gasteiger partial charge in [-0.05, 0) is 125 Å². The molecule has 2 heterocycles. The molecule has 4 aliphatic rings. The number of ether oxygens (including phenoxy) is 3. The zero-order valence-corrected chi connectivity index (χ0v) is 34.7. The van der Waals surface area contributed by atoms with Crippen LogP contribution in [0.3, 0.4) is 0 Å². The molecule has 0 saturated heterocycles. The van der Waals surface area contributed by atoms with Crippen molar-refractivity contribution in [2.45, 2.75) is 174 Å². The standard InChI is InChI=1S/C39H63N5O6Si/c1-34(2,3)44-31(21-29(42-44)26-15-16-28(19-26)50-51(13,14)37(10,11)12)43(33(46)49-36(7,8)9)27-17-18-40-30(20-27)47-25-38-22-39(23-38,24-38)41-32(45)48-35(4,5)6/h17-18,20-21,26,28H,15-16,19,22-25H2,1-14H3,(H,41,45)/t26-,28+,38?,39?/m0/s1. The fourth-order valence-corrected chi connectivity index (χ4v) is 8.84. The van der Waals surface area contributed by atoms with Gasteiger partial charge in [0.1, 0.15) is 17.0 Å². The monoisotopic (exact) mass is 725 g/mol. The summed E-state index contributed by atoms with van der Waals surface area (Å²) in [5, 5.41) is 8.38. The van der Waals surface area contributed by atoms with Crippen molar-refractivity contribution in [3.63, 3.8) is 0 Å². The van der Waals surface area contributed by atoms with Crippen molar-refractivity contribution in [1.82, 2.24) is 20.1 Å². The number of anilines is 2. The van der Waals surface area contributed by atoms with E-state index in [2.05, 4.69) is 71.0 Å². The van der Waals surface area contributed by atoms with Crippen molar-refractivity contribution < 1.29 is 28.2 Å². The second-order valence-corrected chi connectivity index (χ2v) is 24.7. The molecular formula is C39H63N5O6Si. The lowest BCUT2D eigenvalue weighted by Gasteiger charge is -2.69. The van der Waals surface area contributed by atoms with Crippen molar-refractivity contribution in [2.75, 3.05) is 11.5 Å². The second-order valence-electron chi connectivity index (χ2n) is 19.9. The third kappa shape index (κ3) is 8.92. The third-order valence-electron chi connectivity index (χ3n) is 10.6. The first-order valence-corrected chi connectivity index (χ1v) is 21.5. The van der Waals surface area contributed by atoms with Crippen LogP contribution in [0.4, 0.5) is 21.1 Å². The molecule has 0 radical (unpaired) electrons. The van der Waals surface area contributed by atoms with Gasteiger partial charge in [0.15, 0.2) is 8.32 Å². The number of alkyl carbamates (subject to hydrolysis) is 1. The number of nitrogens with one attached hydrogen (secondary N) is 1. The molecule has 2 aromatic rings. The minimum absolute atomic E-state index is 0.00918. The summed E-state index contributed by atoms with van der Waals surface area (Å²) in [5.74, 6) is 1.27. The summed E-state index contributed by atoms with van der Waals surface area (Å²) in [6.07, 6.45) is 6.36. The normalized spacial score (nSPS) is 25.1. The van der Waals surface area contributed by atoms with Gasteiger partial charge in [-0.1, -0.05) is 20.8 Å². The van der Waals surface area contributed by atoms with Gasteiger partial charge in [-0.2, -0.15) is 5.10 Å². The van der Waals surface area contributed by atoms with E-state index in [1.165, 1.54) is 0 Å². The number of pyridine rings is 1. The minimum atomic E-state index is -1.91. The van der Waals surface area contributed by atoms with E-state index in [0.717, 1.165) is 44.2 Å². The van der Waals surface area contributed by atoms with Crippen LogP contribution in [0, 0.1) is 5.41 Å². The highest BCUT2D eigenvalue weighted by Gasteiger charge is 2.69. The van der Waals surface area contributed by atoms with Crippen LogP contribution < -0.4 is 15.0 Å². The van der Waals surface area contributed by atoms with E-state index in [9.17, 15) is 9.59 Å². The Morgan fingerprint density at radius 1 is 0.941 bits per heavy atom. The highest BCUT2D eigenvalue weighted by atomic mass is 28.4. The molecule has 2 atom stereocenters. The molecule has 2 bridgehead atoms. The van der Waals surface area contributed by atoms with Gasteiger partial charge in [-0.25, -0.2) is 24.2 Å². The van der Waals surface area contributed by atoms with Crippen LogP contribution in [0.15, 0.2) is 24.4 Å². The number of aromatic nitrogens is 3. The lowest BCUT2D eigenvalue weighted by molar-refractivity contribution is -0.171. The number of carbonyl (C=O) groups excluding carboxylic acids is 2. The Morgan fingerprint density at radius 3 is 2.14 bits per heavy atom. The second kappa shape index (κ2) is 13.1. The maximum Gasteiger partial charge on any atom is 0.420 e. The largest absolute Gasteiger partial charge is 0.477 e. The van der Waals surface area contributed by atoms with Gasteiger partial charge in [-0.3, -0.25) is 0 Å². The first-order chi connectivity index (χ1) is 23.2. The molecule has 4 saturated carbocycles. The molecule has 12 heteroatoms. The molecule has 0 aliphatic heterocycles. The van der Waals surface area contributed by atoms with Gasteiger partial charge < -0.3 is 24.0 Å². The molecule has 2 amide bonds. The zero-order valence-electron chi connectivity index (χ0n) is 33.7. The Balaban J connectivity index is 1.36. The molecule has 1 N–H and O–H groups in total. The molecule has 4 fully saturated rings. The predicted octanol–water partition coefficient (Wildman–Crippen LogP) is 9.59. The summed E-state index contributed by atoms with van der Waals surface area (Å²) in [5.41, 5.74) is -0.370. The number of rotatable bonds is 9. The van der Waals surface area contributed by atoms with Crippen molar-refractivity contribution in [1.29, 1.82) is 0 Å². The van der Waals surface area contributed by atoms with Crippen LogP contribution in [-0.2, 0) is 19.4 Å². The fraction of sp³-hybridized carbons (Fsp3) is 0.744. The van der Waals surface area contributed by atoms with E-state index < -0.39 is 31.2 Å². The van der Waals surface area contributed by atoms with Gasteiger partial charge in [0.2, 0.25) is 5.88 Å². The molecule has 0 unspecified atom stereocenters. The first-order valence-electron chi connectivity index (χ1n) is 18.6. The first kappa shape index (κ1) is 39.1. The summed E-state index contributed by atoms with van der Waals surface area (Å²) < 4.78 is 26.5. The summed E-state index contributed by atoms with van der Waals surface area (Å²) >= 11 is 0. The molecule has 0 aromatic carbocycles. The number of amides is 2. The van der Waals surface area contributed by atoms with E-state index in [4.69, 9.17) is 23.7 Å². The van der Waals surface area contributed by atoms with Crippen LogP contribution in [0.1, 0.15) is 133 Å². The SMILES string of the molecule is CC(C)(C)OC(=O)NC12CC(COc3cc(N(C(=O)OC(C)(C)C)c4cc([C@H]5CC[C@@H](O[Si](C)(C)C(C)(C)C)C5)nn4C(C)(C)C)ccn3)(C1)C2. The van der Waals surface area contributed by atoms with E-state index in [1.807, 2.05) is 46.2 Å². The zero-order chi connectivity index (χ0) is 38.0. The third-order valence-corrected chi connectivity index (χ3v) is 15.2. The van der Waals surface area contributed by atoms with Gasteiger partial charge in [0, 0.05) is 41.3 Å². The van der Waals surface area contributed by atoms with Crippen LogP contribution in [0.2, 0.25) is 18.1 Å². The topological polar surface area (TPSA) is 117 Å². The van der Waals surface area contributed by atoms with E-state index >= 15 is 0 Å². The average molecular weight is 726 g/mol. The van der Waals surface area contributed by atoms with Crippen LogP contribution in [0.25, 0.3) is 0 Å². The van der Waals surface area contributed by atoms with Crippen molar-refractivity contribution in [3.8, 4) is 5.88 Å². The predicted molar refractivity (Wildman–Crippen MR) is 202 cm³/mol. The van der Waals surface area contributed by atoms with E-state index in [1.54, 1.807) is 23.2 Å². The number of hydrogen-bond acceptors (Lipinski definition) is 8. The highest BCUT2D eigenvalue weighted by Crippen LogP contribution is 2.67. The molecular weight excluding hydrogens is 663 g/mol. The lowest BCUT2D eigenvalue weighted by atomic mass is 9.39. The Hall–Kier alpha value is -3.12. The highest BCUT2D eigenvalue weighted by molar-refractivity contribution is 6.74. The fourth-order valence-electron chi connectivity index (χ4n) is 7.44. The smallest absolute Gasteiger partial charge is 0.420 e. The minimum Gasteiger partial charge on any atom is -0.477 e. The number of carbonyl (C=O) groups is 2. The Morgan fingerprint density at radius 2 is 1.57 bits per heavy atom. The summed E-state index contributed by atoms with van der Waals surface area (Å²) in [4.78, 5) is 32.6.